The minimum atomic E-state index is -0.889. The van der Waals surface area contributed by atoms with Gasteiger partial charge in [-0.15, -0.1) is 0 Å². The first kappa shape index (κ1) is 24.0. The molecule has 1 amide bonds. The zero-order valence-electron chi connectivity index (χ0n) is 20.3. The monoisotopic (exact) mass is 464 g/mol. The molecular weight excluding hydrogens is 431 g/mol. The number of nitrogens with one attached hydrogen (secondary N) is 1. The van der Waals surface area contributed by atoms with Crippen LogP contribution >= 0.6 is 0 Å². The van der Waals surface area contributed by atoms with Crippen LogP contribution in [0.4, 0.5) is 4.39 Å². The number of aliphatic carboxylic acids is 1. The number of rotatable bonds is 6. The summed E-state index contributed by atoms with van der Waals surface area (Å²) >= 11 is 0. The van der Waals surface area contributed by atoms with Gasteiger partial charge < -0.3 is 15.0 Å². The molecule has 0 radical (unpaired) electrons. The van der Waals surface area contributed by atoms with Gasteiger partial charge in [0, 0.05) is 22.6 Å². The smallest absolute Gasteiger partial charge is 0.326 e. The highest BCUT2D eigenvalue weighted by Crippen LogP contribution is 2.36. The van der Waals surface area contributed by atoms with E-state index in [0.29, 0.717) is 25.7 Å². The largest absolute Gasteiger partial charge is 0.480 e. The molecule has 4 rings (SSSR count). The van der Waals surface area contributed by atoms with E-state index in [4.69, 9.17) is 0 Å². The number of nitrogens with zero attached hydrogens (tertiary/aromatic N) is 1. The zero-order chi connectivity index (χ0) is 24.6. The standard InChI is InChI=1S/C28H33FN2O3/c1-5-23(27(33)34)31-24-12-10-19(29)15-21(24)22-16-20(11-13-25(22)31)30-26(32)14-17-6-8-18(9-7-17)28(2,3)4/h6-10,12,15,20,23H,5,11,13-14,16H2,1-4H3,(H,30,32)(H,33,34)/t20-,23?/m0/s1. The van der Waals surface area contributed by atoms with E-state index in [1.807, 2.05) is 23.6 Å². The first-order chi connectivity index (χ1) is 16.1. The Balaban J connectivity index is 1.54. The van der Waals surface area contributed by atoms with Crippen molar-refractivity contribution in [2.45, 2.75) is 77.3 Å². The number of carboxylic acids is 1. The van der Waals surface area contributed by atoms with Gasteiger partial charge in [0.2, 0.25) is 5.91 Å². The molecule has 2 N–H and O–H groups in total. The van der Waals surface area contributed by atoms with Crippen LogP contribution in [0.1, 0.15) is 69.0 Å². The maximum Gasteiger partial charge on any atom is 0.326 e. The average Bonchev–Trinajstić information content (AvgIpc) is 3.07. The first-order valence-corrected chi connectivity index (χ1v) is 12.0. The van der Waals surface area contributed by atoms with E-state index in [-0.39, 0.29) is 23.2 Å². The molecule has 0 saturated carbocycles. The molecule has 1 aromatic heterocycles. The van der Waals surface area contributed by atoms with Crippen molar-refractivity contribution in [3.63, 3.8) is 0 Å². The Labute approximate surface area is 200 Å². The minimum Gasteiger partial charge on any atom is -0.480 e. The number of amides is 1. The lowest BCUT2D eigenvalue weighted by Crippen LogP contribution is -2.40. The topological polar surface area (TPSA) is 71.3 Å². The zero-order valence-corrected chi connectivity index (χ0v) is 20.3. The van der Waals surface area contributed by atoms with Crippen LogP contribution in [0.15, 0.2) is 42.5 Å². The summed E-state index contributed by atoms with van der Waals surface area (Å²) in [6.45, 7) is 8.33. The molecule has 1 unspecified atom stereocenters. The molecule has 1 aliphatic carbocycles. The average molecular weight is 465 g/mol. The van der Waals surface area contributed by atoms with Crippen LogP contribution in [0, 0.1) is 5.82 Å². The van der Waals surface area contributed by atoms with E-state index in [2.05, 4.69) is 38.2 Å². The summed E-state index contributed by atoms with van der Waals surface area (Å²) in [5.74, 6) is -1.27. The maximum atomic E-state index is 14.1. The summed E-state index contributed by atoms with van der Waals surface area (Å²) in [5.41, 5.74) is 4.89. The van der Waals surface area contributed by atoms with Crippen LogP contribution in [0.25, 0.3) is 10.9 Å². The van der Waals surface area contributed by atoms with Crippen molar-refractivity contribution in [2.24, 2.45) is 0 Å². The van der Waals surface area contributed by atoms with Crippen LogP contribution in [-0.4, -0.2) is 27.6 Å². The van der Waals surface area contributed by atoms with Gasteiger partial charge in [-0.05, 0) is 66.0 Å². The van der Waals surface area contributed by atoms with Crippen LogP contribution in [0.5, 0.6) is 0 Å². The number of fused-ring (bicyclic) bond motifs is 3. The molecule has 0 aliphatic heterocycles. The fourth-order valence-electron chi connectivity index (χ4n) is 5.10. The Morgan fingerprint density at radius 3 is 2.50 bits per heavy atom. The normalized spacial score (nSPS) is 16.8. The summed E-state index contributed by atoms with van der Waals surface area (Å²) in [7, 11) is 0. The maximum absolute atomic E-state index is 14.1. The van der Waals surface area contributed by atoms with Crippen molar-refractivity contribution in [1.29, 1.82) is 0 Å². The molecule has 0 spiro atoms. The number of carbonyl (C=O) groups excluding carboxylic acids is 1. The second-order valence-corrected chi connectivity index (χ2v) is 10.3. The Bertz CT molecular complexity index is 1220. The Morgan fingerprint density at radius 1 is 1.18 bits per heavy atom. The van der Waals surface area contributed by atoms with Crippen molar-refractivity contribution in [3.05, 3.63) is 70.7 Å². The Morgan fingerprint density at radius 2 is 1.88 bits per heavy atom. The van der Waals surface area contributed by atoms with Crippen molar-refractivity contribution in [1.82, 2.24) is 9.88 Å². The van der Waals surface area contributed by atoms with E-state index in [9.17, 15) is 19.1 Å². The van der Waals surface area contributed by atoms with Crippen molar-refractivity contribution in [2.75, 3.05) is 0 Å². The van der Waals surface area contributed by atoms with Gasteiger partial charge in [-0.25, -0.2) is 9.18 Å². The number of carbonyl (C=O) groups is 2. The third kappa shape index (κ3) is 4.72. The predicted molar refractivity (Wildman–Crippen MR) is 132 cm³/mol. The Hall–Kier alpha value is -3.15. The summed E-state index contributed by atoms with van der Waals surface area (Å²) < 4.78 is 16.0. The molecule has 180 valence electrons. The fourth-order valence-corrected chi connectivity index (χ4v) is 5.10. The third-order valence-corrected chi connectivity index (χ3v) is 6.90. The minimum absolute atomic E-state index is 0.0381. The number of carboxylic acid groups (broad SMARTS) is 1. The number of benzene rings is 2. The lowest BCUT2D eigenvalue weighted by Gasteiger charge is -2.26. The molecule has 3 aromatic rings. The Kier molecular flexibility index (Phi) is 6.52. The van der Waals surface area contributed by atoms with Gasteiger partial charge in [0.25, 0.3) is 0 Å². The van der Waals surface area contributed by atoms with Crippen LogP contribution in [-0.2, 0) is 34.3 Å². The number of hydrogen-bond donors (Lipinski definition) is 2. The van der Waals surface area contributed by atoms with Crippen molar-refractivity contribution < 1.29 is 19.1 Å². The molecule has 1 aliphatic rings. The summed E-state index contributed by atoms with van der Waals surface area (Å²) in [4.78, 5) is 24.7. The second kappa shape index (κ2) is 9.24. The van der Waals surface area contributed by atoms with Gasteiger partial charge in [-0.1, -0.05) is 52.0 Å². The molecule has 2 atom stereocenters. The quantitative estimate of drug-likeness (QED) is 0.518. The molecule has 5 nitrogen and oxygen atoms in total. The van der Waals surface area contributed by atoms with Gasteiger partial charge in [0.15, 0.2) is 0 Å². The van der Waals surface area contributed by atoms with Gasteiger partial charge in [0.1, 0.15) is 11.9 Å². The van der Waals surface area contributed by atoms with Crippen molar-refractivity contribution >= 4 is 22.8 Å². The summed E-state index contributed by atoms with van der Waals surface area (Å²) in [6.07, 6.45) is 2.67. The number of hydrogen-bond acceptors (Lipinski definition) is 2. The highest BCUT2D eigenvalue weighted by molar-refractivity contribution is 5.88. The highest BCUT2D eigenvalue weighted by Gasteiger charge is 2.31. The van der Waals surface area contributed by atoms with Gasteiger partial charge >= 0.3 is 5.97 Å². The molecule has 6 heteroatoms. The lowest BCUT2D eigenvalue weighted by atomic mass is 9.86. The summed E-state index contributed by atoms with van der Waals surface area (Å²) in [6, 6.07) is 11.9. The molecule has 34 heavy (non-hydrogen) atoms. The fraction of sp³-hybridized carbons (Fsp3) is 0.429. The van der Waals surface area contributed by atoms with E-state index in [0.717, 1.165) is 34.1 Å². The van der Waals surface area contributed by atoms with Crippen molar-refractivity contribution in [3.8, 4) is 0 Å². The van der Waals surface area contributed by atoms with Crippen LogP contribution in [0.2, 0.25) is 0 Å². The first-order valence-electron chi connectivity index (χ1n) is 12.0. The van der Waals surface area contributed by atoms with Gasteiger partial charge in [0.05, 0.1) is 6.42 Å². The molecule has 0 saturated heterocycles. The van der Waals surface area contributed by atoms with Gasteiger partial charge in [-0.2, -0.15) is 0 Å². The highest BCUT2D eigenvalue weighted by atomic mass is 19.1. The molecule has 0 fully saturated rings. The van der Waals surface area contributed by atoms with E-state index >= 15 is 0 Å². The van der Waals surface area contributed by atoms with Crippen LogP contribution < -0.4 is 5.32 Å². The summed E-state index contributed by atoms with van der Waals surface area (Å²) in [5, 5.41) is 13.7. The van der Waals surface area contributed by atoms with Gasteiger partial charge in [-0.3, -0.25) is 4.79 Å². The second-order valence-electron chi connectivity index (χ2n) is 10.3. The van der Waals surface area contributed by atoms with E-state index in [1.54, 1.807) is 6.07 Å². The van der Waals surface area contributed by atoms with Crippen LogP contribution in [0.3, 0.4) is 0 Å². The molecular formula is C28H33FN2O3. The van der Waals surface area contributed by atoms with E-state index < -0.39 is 12.0 Å². The number of halogens is 1. The SMILES string of the molecule is CCC(C(=O)O)n1c2c(c3cc(F)ccc31)C[C@@H](NC(=O)Cc1ccc(C(C)(C)C)cc1)CC2. The predicted octanol–water partition coefficient (Wildman–Crippen LogP) is 5.33. The molecule has 0 bridgehead atoms. The number of aromatic nitrogens is 1. The lowest BCUT2D eigenvalue weighted by molar-refractivity contribution is -0.141. The van der Waals surface area contributed by atoms with E-state index in [1.165, 1.54) is 17.7 Å². The third-order valence-electron chi connectivity index (χ3n) is 6.90. The molecule has 1 heterocycles. The molecule has 2 aromatic carbocycles.